The summed E-state index contributed by atoms with van der Waals surface area (Å²) in [4.78, 5) is 11.9. The zero-order valence-electron chi connectivity index (χ0n) is 10.4. The molecule has 0 aliphatic carbocycles. The van der Waals surface area contributed by atoms with Crippen molar-refractivity contribution in [2.45, 2.75) is 26.3 Å². The highest BCUT2D eigenvalue weighted by molar-refractivity contribution is 9.10. The first kappa shape index (κ1) is 14.6. The standard InChI is InChI=1S/C13H18BrNOS/c1-9-8-11(4-5-12(9)14)13(16)15-10(2)6-7-17-3/h4-5,8,10H,6-7H2,1-3H3,(H,15,16). The van der Waals surface area contributed by atoms with E-state index in [1.807, 2.05) is 32.0 Å². The Morgan fingerprint density at radius 3 is 2.82 bits per heavy atom. The maximum Gasteiger partial charge on any atom is 0.251 e. The van der Waals surface area contributed by atoms with Crippen molar-refractivity contribution in [3.63, 3.8) is 0 Å². The number of halogens is 1. The second-order valence-electron chi connectivity index (χ2n) is 4.12. The first-order valence-electron chi connectivity index (χ1n) is 5.60. The minimum absolute atomic E-state index is 0.00852. The van der Waals surface area contributed by atoms with Gasteiger partial charge in [-0.15, -0.1) is 0 Å². The Kier molecular flexibility index (Phi) is 6.06. The molecule has 0 heterocycles. The van der Waals surface area contributed by atoms with E-state index >= 15 is 0 Å². The van der Waals surface area contributed by atoms with Crippen LogP contribution in [0.4, 0.5) is 0 Å². The number of hydrogen-bond donors (Lipinski definition) is 1. The van der Waals surface area contributed by atoms with Gasteiger partial charge >= 0.3 is 0 Å². The Bertz CT molecular complexity index is 395. The first-order valence-corrected chi connectivity index (χ1v) is 7.79. The third kappa shape index (κ3) is 4.72. The quantitative estimate of drug-likeness (QED) is 0.899. The van der Waals surface area contributed by atoms with Gasteiger partial charge in [0.25, 0.3) is 5.91 Å². The van der Waals surface area contributed by atoms with Crippen LogP contribution in [-0.4, -0.2) is 24.0 Å². The Labute approximate surface area is 116 Å². The molecule has 0 aromatic heterocycles. The van der Waals surface area contributed by atoms with Gasteiger partial charge in [0.05, 0.1) is 0 Å². The molecule has 1 amide bonds. The predicted octanol–water partition coefficient (Wildman–Crippen LogP) is 3.63. The van der Waals surface area contributed by atoms with Gasteiger partial charge in [0, 0.05) is 16.1 Å². The lowest BCUT2D eigenvalue weighted by atomic mass is 10.1. The Morgan fingerprint density at radius 1 is 1.53 bits per heavy atom. The summed E-state index contributed by atoms with van der Waals surface area (Å²) in [6.07, 6.45) is 3.08. The highest BCUT2D eigenvalue weighted by atomic mass is 79.9. The predicted molar refractivity (Wildman–Crippen MR) is 78.8 cm³/mol. The van der Waals surface area contributed by atoms with Crippen molar-refractivity contribution >= 4 is 33.6 Å². The highest BCUT2D eigenvalue weighted by Crippen LogP contribution is 2.17. The van der Waals surface area contributed by atoms with Crippen LogP contribution < -0.4 is 5.32 Å². The van der Waals surface area contributed by atoms with Gasteiger partial charge in [-0.25, -0.2) is 0 Å². The van der Waals surface area contributed by atoms with E-state index in [2.05, 4.69) is 27.5 Å². The summed E-state index contributed by atoms with van der Waals surface area (Å²) in [7, 11) is 0. The number of nitrogens with one attached hydrogen (secondary N) is 1. The largest absolute Gasteiger partial charge is 0.350 e. The van der Waals surface area contributed by atoms with Gasteiger partial charge in [-0.05, 0) is 56.0 Å². The van der Waals surface area contributed by atoms with Crippen molar-refractivity contribution in [3.05, 3.63) is 33.8 Å². The topological polar surface area (TPSA) is 29.1 Å². The fourth-order valence-corrected chi connectivity index (χ4v) is 2.30. The minimum Gasteiger partial charge on any atom is -0.350 e. The molecule has 0 saturated heterocycles. The van der Waals surface area contributed by atoms with Gasteiger partial charge < -0.3 is 5.32 Å². The SMILES string of the molecule is CSCCC(C)NC(=O)c1ccc(Br)c(C)c1. The Balaban J connectivity index is 2.60. The van der Waals surface area contributed by atoms with Gasteiger partial charge in [0.1, 0.15) is 0 Å². The lowest BCUT2D eigenvalue weighted by molar-refractivity contribution is 0.0939. The molecule has 1 unspecified atom stereocenters. The summed E-state index contributed by atoms with van der Waals surface area (Å²) in [5.74, 6) is 1.08. The molecule has 1 aromatic rings. The normalized spacial score (nSPS) is 12.2. The number of amides is 1. The van der Waals surface area contributed by atoms with Crippen LogP contribution in [0.3, 0.4) is 0 Å². The molecule has 94 valence electrons. The fourth-order valence-electron chi connectivity index (χ4n) is 1.46. The molecule has 1 atom stereocenters. The van der Waals surface area contributed by atoms with Crippen LogP contribution in [0.2, 0.25) is 0 Å². The lowest BCUT2D eigenvalue weighted by Crippen LogP contribution is -2.32. The summed E-state index contributed by atoms with van der Waals surface area (Å²) in [5, 5.41) is 3.01. The third-order valence-electron chi connectivity index (χ3n) is 2.55. The van der Waals surface area contributed by atoms with Crippen molar-refractivity contribution < 1.29 is 4.79 Å². The summed E-state index contributed by atoms with van der Waals surface area (Å²) >= 11 is 5.23. The van der Waals surface area contributed by atoms with Crippen molar-refractivity contribution in [3.8, 4) is 0 Å². The van der Waals surface area contributed by atoms with E-state index < -0.39 is 0 Å². The van der Waals surface area contributed by atoms with E-state index in [1.165, 1.54) is 0 Å². The van der Waals surface area contributed by atoms with Crippen LogP contribution in [0.5, 0.6) is 0 Å². The Hall–Kier alpha value is -0.480. The van der Waals surface area contributed by atoms with Crippen molar-refractivity contribution in [1.29, 1.82) is 0 Å². The minimum atomic E-state index is 0.00852. The first-order chi connectivity index (χ1) is 8.04. The van der Waals surface area contributed by atoms with Crippen molar-refractivity contribution in [2.75, 3.05) is 12.0 Å². The number of carbonyl (C=O) groups excluding carboxylic acids is 1. The molecule has 1 N–H and O–H groups in total. The molecule has 17 heavy (non-hydrogen) atoms. The molecule has 1 aromatic carbocycles. The van der Waals surface area contributed by atoms with Gasteiger partial charge in [0.2, 0.25) is 0 Å². The maximum atomic E-state index is 11.9. The van der Waals surface area contributed by atoms with E-state index in [4.69, 9.17) is 0 Å². The van der Waals surface area contributed by atoms with Crippen LogP contribution in [0, 0.1) is 6.92 Å². The highest BCUT2D eigenvalue weighted by Gasteiger charge is 2.10. The van der Waals surface area contributed by atoms with Crippen LogP contribution >= 0.6 is 27.7 Å². The molecule has 4 heteroatoms. The lowest BCUT2D eigenvalue weighted by Gasteiger charge is -2.13. The van der Waals surface area contributed by atoms with E-state index in [0.29, 0.717) is 0 Å². The molecule has 0 saturated carbocycles. The second-order valence-corrected chi connectivity index (χ2v) is 5.96. The molecule has 0 aliphatic heterocycles. The molecular formula is C13H18BrNOS. The molecule has 1 rings (SSSR count). The molecule has 0 fully saturated rings. The number of benzene rings is 1. The van der Waals surface area contributed by atoms with Crippen LogP contribution in [-0.2, 0) is 0 Å². The number of thioether (sulfide) groups is 1. The number of rotatable bonds is 5. The van der Waals surface area contributed by atoms with Crippen LogP contribution in [0.25, 0.3) is 0 Å². The molecule has 0 aliphatic rings. The maximum absolute atomic E-state index is 11.9. The third-order valence-corrected chi connectivity index (χ3v) is 4.09. The van der Waals surface area contributed by atoms with Crippen molar-refractivity contribution in [2.24, 2.45) is 0 Å². The van der Waals surface area contributed by atoms with Crippen LogP contribution in [0.15, 0.2) is 22.7 Å². The number of hydrogen-bond acceptors (Lipinski definition) is 2. The summed E-state index contributed by atoms with van der Waals surface area (Å²) in [6.45, 7) is 4.03. The molecule has 0 bridgehead atoms. The zero-order chi connectivity index (χ0) is 12.8. The average Bonchev–Trinajstić information content (AvgIpc) is 2.30. The summed E-state index contributed by atoms with van der Waals surface area (Å²) in [6, 6.07) is 5.88. The zero-order valence-corrected chi connectivity index (χ0v) is 12.8. The number of aryl methyl sites for hydroxylation is 1. The second kappa shape index (κ2) is 7.07. The number of carbonyl (C=O) groups is 1. The van der Waals surface area contributed by atoms with Crippen LogP contribution in [0.1, 0.15) is 29.3 Å². The van der Waals surface area contributed by atoms with Gasteiger partial charge in [-0.3, -0.25) is 4.79 Å². The van der Waals surface area contributed by atoms with Crippen molar-refractivity contribution in [1.82, 2.24) is 5.32 Å². The molecular weight excluding hydrogens is 298 g/mol. The van der Waals surface area contributed by atoms with E-state index in [0.717, 1.165) is 27.8 Å². The van der Waals surface area contributed by atoms with Gasteiger partial charge in [-0.1, -0.05) is 15.9 Å². The average molecular weight is 316 g/mol. The Morgan fingerprint density at radius 2 is 2.24 bits per heavy atom. The van der Waals surface area contributed by atoms with Gasteiger partial charge in [0.15, 0.2) is 0 Å². The van der Waals surface area contributed by atoms with Gasteiger partial charge in [-0.2, -0.15) is 11.8 Å². The molecule has 2 nitrogen and oxygen atoms in total. The summed E-state index contributed by atoms with van der Waals surface area (Å²) < 4.78 is 1.03. The fraction of sp³-hybridized carbons (Fsp3) is 0.462. The molecule has 0 radical (unpaired) electrons. The summed E-state index contributed by atoms with van der Waals surface area (Å²) in [5.41, 5.74) is 1.80. The molecule has 0 spiro atoms. The van der Waals surface area contributed by atoms with E-state index in [9.17, 15) is 4.79 Å². The smallest absolute Gasteiger partial charge is 0.251 e. The van der Waals surface area contributed by atoms with E-state index in [-0.39, 0.29) is 11.9 Å². The monoisotopic (exact) mass is 315 g/mol. The van der Waals surface area contributed by atoms with E-state index in [1.54, 1.807) is 11.8 Å².